The van der Waals surface area contributed by atoms with Gasteiger partial charge >= 0.3 is 5.97 Å². The smallest absolute Gasteiger partial charge is 0.308 e. The molecule has 0 unspecified atom stereocenters. The third kappa shape index (κ3) is 2.84. The number of thiazole rings is 1. The Kier molecular flexibility index (Phi) is 3.57. The van der Waals surface area contributed by atoms with Gasteiger partial charge in [0, 0.05) is 17.1 Å². The number of carboxylic acid groups (broad SMARTS) is 1. The van der Waals surface area contributed by atoms with E-state index < -0.39 is 5.97 Å². The minimum Gasteiger partial charge on any atom is -0.481 e. The zero-order valence-corrected chi connectivity index (χ0v) is 10.6. The second-order valence-electron chi connectivity index (χ2n) is 3.85. The summed E-state index contributed by atoms with van der Waals surface area (Å²) >= 11 is 1.34. The Morgan fingerprint density at radius 2 is 2.28 bits per heavy atom. The molecule has 0 aliphatic rings. The van der Waals surface area contributed by atoms with Crippen molar-refractivity contribution in [2.24, 2.45) is 0 Å². The fourth-order valence-electron chi connectivity index (χ4n) is 1.59. The Labute approximate surface area is 107 Å². The molecule has 94 valence electrons. The number of pyridine rings is 1. The lowest BCUT2D eigenvalue weighted by atomic mass is 10.3. The molecule has 0 aromatic carbocycles. The van der Waals surface area contributed by atoms with Gasteiger partial charge in [-0.15, -0.1) is 11.3 Å². The van der Waals surface area contributed by atoms with Crippen molar-refractivity contribution in [1.82, 2.24) is 9.55 Å². The number of nitrogens with zero attached hydrogens (tertiary/aromatic N) is 2. The average Bonchev–Trinajstić information content (AvgIpc) is 2.62. The van der Waals surface area contributed by atoms with Crippen LogP contribution in [-0.2, 0) is 17.8 Å². The van der Waals surface area contributed by atoms with Gasteiger partial charge < -0.3 is 9.67 Å². The molecular weight excluding hydrogens is 252 g/mol. The van der Waals surface area contributed by atoms with Crippen molar-refractivity contribution in [2.45, 2.75) is 19.9 Å². The molecule has 0 bridgehead atoms. The summed E-state index contributed by atoms with van der Waals surface area (Å²) in [6, 6.07) is 4.94. The van der Waals surface area contributed by atoms with Crippen molar-refractivity contribution in [3.63, 3.8) is 0 Å². The van der Waals surface area contributed by atoms with E-state index in [-0.39, 0.29) is 12.0 Å². The molecule has 1 N–H and O–H groups in total. The minimum absolute atomic E-state index is 0.0206. The zero-order chi connectivity index (χ0) is 13.1. The van der Waals surface area contributed by atoms with E-state index >= 15 is 0 Å². The largest absolute Gasteiger partial charge is 0.481 e. The molecule has 2 aromatic heterocycles. The van der Waals surface area contributed by atoms with Crippen LogP contribution in [0.2, 0.25) is 0 Å². The van der Waals surface area contributed by atoms with Crippen LogP contribution in [0.4, 0.5) is 0 Å². The first-order valence-corrected chi connectivity index (χ1v) is 6.20. The Morgan fingerprint density at radius 3 is 2.94 bits per heavy atom. The molecule has 0 aliphatic carbocycles. The first-order chi connectivity index (χ1) is 8.56. The number of aromatic nitrogens is 2. The Morgan fingerprint density at radius 1 is 1.50 bits per heavy atom. The fourth-order valence-corrected chi connectivity index (χ4v) is 2.65. The molecule has 0 spiro atoms. The van der Waals surface area contributed by atoms with Crippen LogP contribution in [-0.4, -0.2) is 20.6 Å². The maximum absolute atomic E-state index is 11.5. The van der Waals surface area contributed by atoms with Gasteiger partial charge in [0.25, 0.3) is 5.56 Å². The van der Waals surface area contributed by atoms with Crippen LogP contribution in [0, 0.1) is 6.92 Å². The van der Waals surface area contributed by atoms with E-state index in [4.69, 9.17) is 5.11 Å². The van der Waals surface area contributed by atoms with Crippen LogP contribution in [0.1, 0.15) is 15.6 Å². The highest BCUT2D eigenvalue weighted by molar-refractivity contribution is 7.11. The minimum atomic E-state index is -0.870. The van der Waals surface area contributed by atoms with Gasteiger partial charge in [-0.3, -0.25) is 9.59 Å². The molecule has 0 radical (unpaired) electrons. The SMILES string of the molecule is Cc1nc(Cn2ccccc2=O)sc1CC(=O)O. The van der Waals surface area contributed by atoms with Crippen molar-refractivity contribution in [1.29, 1.82) is 0 Å². The number of aryl methyl sites for hydroxylation is 1. The Hall–Kier alpha value is -1.95. The Balaban J connectivity index is 2.23. The van der Waals surface area contributed by atoms with Crippen LogP contribution in [0.25, 0.3) is 0 Å². The number of hydrogen-bond donors (Lipinski definition) is 1. The van der Waals surface area contributed by atoms with Crippen molar-refractivity contribution in [2.75, 3.05) is 0 Å². The lowest BCUT2D eigenvalue weighted by molar-refractivity contribution is -0.136. The van der Waals surface area contributed by atoms with Gasteiger partial charge in [0.15, 0.2) is 0 Å². The average molecular weight is 264 g/mol. The van der Waals surface area contributed by atoms with Crippen molar-refractivity contribution >= 4 is 17.3 Å². The summed E-state index contributed by atoms with van der Waals surface area (Å²) in [6.07, 6.45) is 1.67. The summed E-state index contributed by atoms with van der Waals surface area (Å²) in [5.74, 6) is -0.870. The van der Waals surface area contributed by atoms with E-state index in [9.17, 15) is 9.59 Å². The van der Waals surface area contributed by atoms with Gasteiger partial charge in [0.05, 0.1) is 18.7 Å². The summed E-state index contributed by atoms with van der Waals surface area (Å²) < 4.78 is 1.54. The molecule has 6 heteroatoms. The van der Waals surface area contributed by atoms with E-state index in [1.54, 1.807) is 29.8 Å². The summed E-state index contributed by atoms with van der Waals surface area (Å²) in [7, 11) is 0. The quantitative estimate of drug-likeness (QED) is 0.903. The number of rotatable bonds is 4. The summed E-state index contributed by atoms with van der Waals surface area (Å²) in [4.78, 5) is 27.2. The maximum Gasteiger partial charge on any atom is 0.308 e. The lowest BCUT2D eigenvalue weighted by Crippen LogP contribution is -2.18. The summed E-state index contributed by atoms with van der Waals surface area (Å²) in [5, 5.41) is 9.51. The third-order valence-corrected chi connectivity index (χ3v) is 3.60. The molecule has 0 atom stereocenters. The highest BCUT2D eigenvalue weighted by Crippen LogP contribution is 2.19. The monoisotopic (exact) mass is 264 g/mol. The number of hydrogen-bond acceptors (Lipinski definition) is 4. The third-order valence-electron chi connectivity index (χ3n) is 2.45. The number of carbonyl (C=O) groups is 1. The Bertz CT molecular complexity index is 630. The molecule has 0 amide bonds. The molecular formula is C12H12N2O3S. The number of carboxylic acids is 1. The molecule has 2 aromatic rings. The van der Waals surface area contributed by atoms with Crippen LogP contribution in [0.5, 0.6) is 0 Å². The van der Waals surface area contributed by atoms with Crippen LogP contribution in [0.15, 0.2) is 29.2 Å². The first kappa shape index (κ1) is 12.5. The molecule has 0 saturated carbocycles. The van der Waals surface area contributed by atoms with Gasteiger partial charge in [-0.1, -0.05) is 6.07 Å². The molecule has 0 fully saturated rings. The lowest BCUT2D eigenvalue weighted by Gasteiger charge is -2.00. The molecule has 2 rings (SSSR count). The zero-order valence-electron chi connectivity index (χ0n) is 9.79. The van der Waals surface area contributed by atoms with E-state index in [1.807, 2.05) is 0 Å². The van der Waals surface area contributed by atoms with E-state index in [1.165, 1.54) is 17.4 Å². The van der Waals surface area contributed by atoms with Crippen LogP contribution >= 0.6 is 11.3 Å². The fraction of sp³-hybridized carbons (Fsp3) is 0.250. The van der Waals surface area contributed by atoms with Crippen LogP contribution in [0.3, 0.4) is 0 Å². The van der Waals surface area contributed by atoms with Crippen LogP contribution < -0.4 is 5.56 Å². The van der Waals surface area contributed by atoms with Gasteiger partial charge in [0.2, 0.25) is 0 Å². The highest BCUT2D eigenvalue weighted by Gasteiger charge is 2.11. The molecule has 0 aliphatic heterocycles. The highest BCUT2D eigenvalue weighted by atomic mass is 32.1. The van der Waals surface area contributed by atoms with Crippen molar-refractivity contribution in [3.05, 3.63) is 50.3 Å². The first-order valence-electron chi connectivity index (χ1n) is 5.38. The number of aliphatic carboxylic acids is 1. The second-order valence-corrected chi connectivity index (χ2v) is 5.02. The molecule has 5 nitrogen and oxygen atoms in total. The standard InChI is InChI=1S/C12H12N2O3S/c1-8-9(6-12(16)17)18-10(13-8)7-14-5-3-2-4-11(14)15/h2-5H,6-7H2,1H3,(H,16,17). The van der Waals surface area contributed by atoms with Gasteiger partial charge in [-0.25, -0.2) is 4.98 Å². The summed E-state index contributed by atoms with van der Waals surface area (Å²) in [5.41, 5.74) is 0.631. The second kappa shape index (κ2) is 5.14. The van der Waals surface area contributed by atoms with Crippen molar-refractivity contribution < 1.29 is 9.90 Å². The van der Waals surface area contributed by atoms with Gasteiger partial charge in [-0.05, 0) is 13.0 Å². The molecule has 18 heavy (non-hydrogen) atoms. The van der Waals surface area contributed by atoms with Gasteiger partial charge in [-0.2, -0.15) is 0 Å². The van der Waals surface area contributed by atoms with E-state index in [2.05, 4.69) is 4.98 Å². The predicted molar refractivity (Wildman–Crippen MR) is 68.0 cm³/mol. The predicted octanol–water partition coefficient (Wildman–Crippen LogP) is 1.29. The summed E-state index contributed by atoms with van der Waals surface area (Å²) in [6.45, 7) is 2.16. The maximum atomic E-state index is 11.5. The topological polar surface area (TPSA) is 72.2 Å². The van der Waals surface area contributed by atoms with E-state index in [0.29, 0.717) is 6.54 Å². The molecule has 0 saturated heterocycles. The normalized spacial score (nSPS) is 10.5. The van der Waals surface area contributed by atoms with Crippen molar-refractivity contribution in [3.8, 4) is 0 Å². The van der Waals surface area contributed by atoms with E-state index in [0.717, 1.165) is 15.6 Å². The molecule has 2 heterocycles. The van der Waals surface area contributed by atoms with Gasteiger partial charge in [0.1, 0.15) is 5.01 Å².